The van der Waals surface area contributed by atoms with Crippen LogP contribution >= 0.6 is 0 Å². The van der Waals surface area contributed by atoms with Crippen LogP contribution in [0.5, 0.6) is 0 Å². The number of hydrogen-bond acceptors (Lipinski definition) is 0. The summed E-state index contributed by atoms with van der Waals surface area (Å²) in [6, 6.07) is 0. The topological polar surface area (TPSA) is 0 Å². The summed E-state index contributed by atoms with van der Waals surface area (Å²) in [4.78, 5) is 3.81. The van der Waals surface area contributed by atoms with Crippen molar-refractivity contribution in [2.45, 2.75) is 0 Å². The van der Waals surface area contributed by atoms with Crippen LogP contribution in [0.25, 0.3) is 0 Å². The van der Waals surface area contributed by atoms with Crippen LogP contribution in [0.1, 0.15) is 0 Å². The van der Waals surface area contributed by atoms with E-state index in [0.29, 0.717) is 0 Å². The van der Waals surface area contributed by atoms with Crippen LogP contribution in [0, 0.1) is 0 Å². The van der Waals surface area contributed by atoms with Crippen molar-refractivity contribution in [3.05, 3.63) is 22.7 Å². The average molecular weight is 105 g/mol. The maximum absolute atomic E-state index is 3.52. The van der Waals surface area contributed by atoms with Gasteiger partial charge >= 0.3 is 39.0 Å². The van der Waals surface area contributed by atoms with Gasteiger partial charge in [-0.2, -0.15) is 0 Å². The molecule has 0 N–H and O–H groups in total. The average Bonchev–Trinajstić information content (AvgIpc) is 1.41. The Labute approximate surface area is 39.6 Å². The molecule has 0 aromatic heterocycles. The second kappa shape index (κ2) is 4.06. The van der Waals surface area contributed by atoms with Crippen molar-refractivity contribution in [3.8, 4) is 0 Å². The first-order valence-electron chi connectivity index (χ1n) is 1.33. The van der Waals surface area contributed by atoms with Gasteiger partial charge in [-0.3, -0.25) is 0 Å². The van der Waals surface area contributed by atoms with Gasteiger partial charge < -0.3 is 0 Å². The molecule has 0 aliphatic heterocycles. The van der Waals surface area contributed by atoms with E-state index in [9.17, 15) is 0 Å². The van der Waals surface area contributed by atoms with Crippen LogP contribution in [0.4, 0.5) is 0 Å². The van der Waals surface area contributed by atoms with Crippen LogP contribution in [0.15, 0.2) is 22.7 Å². The quantitative estimate of drug-likeness (QED) is 0.497. The summed E-state index contributed by atoms with van der Waals surface area (Å²) in [7, 11) is 0. The Kier molecular flexibility index (Phi) is 4.12. The Morgan fingerprint density at radius 2 is 1.60 bits per heavy atom. The molecule has 0 rings (SSSR count). The molecule has 0 bridgehead atoms. The number of rotatable bonds is 2. The second-order valence-corrected chi connectivity index (χ2v) is 2.12. The summed E-state index contributed by atoms with van der Waals surface area (Å²) in [6.07, 6.45) is 0. The van der Waals surface area contributed by atoms with E-state index in [0.717, 1.165) is 0 Å². The van der Waals surface area contributed by atoms with Gasteiger partial charge in [-0.1, -0.05) is 0 Å². The van der Waals surface area contributed by atoms with Crippen molar-refractivity contribution < 1.29 is 16.3 Å². The first-order chi connectivity index (χ1) is 2.41. The first-order valence-corrected chi connectivity index (χ1v) is 2.95. The van der Waals surface area contributed by atoms with E-state index < -0.39 is 0 Å². The van der Waals surface area contributed by atoms with E-state index in [1.54, 1.807) is 0 Å². The van der Waals surface area contributed by atoms with Crippen molar-refractivity contribution in [1.29, 1.82) is 0 Å². The van der Waals surface area contributed by atoms with Crippen LogP contribution in [-0.4, -0.2) is 0 Å². The Bertz CT molecular complexity index is 32.9. The van der Waals surface area contributed by atoms with Crippen molar-refractivity contribution in [2.24, 2.45) is 0 Å². The van der Waals surface area contributed by atoms with Crippen LogP contribution < -0.4 is 0 Å². The second-order valence-electron chi connectivity index (χ2n) is 0.514. The fourth-order valence-electron chi connectivity index (χ4n) is 0.0745. The molecule has 1 heteroatoms. The van der Waals surface area contributed by atoms with Crippen molar-refractivity contribution in [1.82, 2.24) is 0 Å². The first kappa shape index (κ1) is 5.06. The molecule has 27 valence electrons. The fraction of sp³-hybridized carbons (Fsp3) is 0. The molecule has 0 aromatic carbocycles. The molecule has 0 heterocycles. The Balaban J connectivity index is 2.65. The molecule has 5 heavy (non-hydrogen) atoms. The predicted octanol–water partition coefficient (Wildman–Crippen LogP) is 1.36. The summed E-state index contributed by atoms with van der Waals surface area (Å²) in [5.74, 6) is 0. The van der Waals surface area contributed by atoms with Gasteiger partial charge in [-0.15, -0.1) is 0 Å². The van der Waals surface area contributed by atoms with Gasteiger partial charge in [-0.25, -0.2) is 0 Å². The van der Waals surface area contributed by atoms with E-state index in [2.05, 4.69) is 13.2 Å². The van der Waals surface area contributed by atoms with Gasteiger partial charge in [0, 0.05) is 0 Å². The van der Waals surface area contributed by atoms with Crippen LogP contribution in [0.2, 0.25) is 0 Å². The molecule has 0 nitrogen and oxygen atoms in total. The van der Waals surface area contributed by atoms with E-state index in [-0.39, 0.29) is 16.3 Å². The normalized spacial score (nSPS) is 5.60. The molecule has 0 spiro atoms. The van der Waals surface area contributed by atoms with Gasteiger partial charge in [0.1, 0.15) is 0 Å². The molecule has 0 aliphatic rings. The summed E-state index contributed by atoms with van der Waals surface area (Å²) in [5.41, 5.74) is 0. The summed E-state index contributed by atoms with van der Waals surface area (Å²) < 4.78 is 0. The zero-order valence-electron chi connectivity index (χ0n) is 3.02. The fourth-order valence-corrected chi connectivity index (χ4v) is 0.307. The van der Waals surface area contributed by atoms with Gasteiger partial charge in [-0.05, 0) is 0 Å². The maximum atomic E-state index is 3.52. The minimum atomic E-state index is 0.271. The standard InChI is InChI=1S/2C2H3.V/c2*1-2;/h2*1H,2H2;. The monoisotopic (exact) mass is 105 g/mol. The van der Waals surface area contributed by atoms with Crippen molar-refractivity contribution in [2.75, 3.05) is 0 Å². The Morgan fingerprint density at radius 3 is 1.60 bits per heavy atom. The third kappa shape index (κ3) is 4.06. The van der Waals surface area contributed by atoms with Gasteiger partial charge in [0.15, 0.2) is 0 Å². The molecule has 0 aliphatic carbocycles. The zero-order valence-corrected chi connectivity index (χ0v) is 4.41. The number of hydrogen-bond donors (Lipinski definition) is 0. The zero-order chi connectivity index (χ0) is 4.12. The van der Waals surface area contributed by atoms with E-state index in [1.807, 2.05) is 9.58 Å². The molecule has 0 saturated carbocycles. The Morgan fingerprint density at radius 1 is 1.20 bits per heavy atom. The molecular formula is C4H6V. The molecule has 0 aromatic rings. The minimum absolute atomic E-state index is 0.271. The molecule has 0 amide bonds. The predicted molar refractivity (Wildman–Crippen MR) is 20.4 cm³/mol. The van der Waals surface area contributed by atoms with Crippen molar-refractivity contribution >= 4 is 0 Å². The SMILES string of the molecule is C=[CH][V][CH]=C. The van der Waals surface area contributed by atoms with Crippen LogP contribution in [0.3, 0.4) is 0 Å². The third-order valence-corrected chi connectivity index (χ3v) is 0.869. The molecule has 0 saturated heterocycles. The third-order valence-electron chi connectivity index (χ3n) is 0.211. The van der Waals surface area contributed by atoms with Gasteiger partial charge in [0.05, 0.1) is 0 Å². The van der Waals surface area contributed by atoms with Crippen LogP contribution in [-0.2, 0) is 16.3 Å². The molecule has 0 radical (unpaired) electrons. The van der Waals surface area contributed by atoms with Gasteiger partial charge in [0.2, 0.25) is 0 Å². The molecular weight excluding hydrogens is 99.0 g/mol. The molecule has 0 unspecified atom stereocenters. The van der Waals surface area contributed by atoms with Crippen molar-refractivity contribution in [3.63, 3.8) is 0 Å². The van der Waals surface area contributed by atoms with E-state index in [1.165, 1.54) is 0 Å². The summed E-state index contributed by atoms with van der Waals surface area (Å²) in [6.45, 7) is 7.04. The summed E-state index contributed by atoms with van der Waals surface area (Å²) in [5, 5.41) is 0. The molecule has 0 atom stereocenters. The Hall–Kier alpha value is 0.0644. The molecule has 0 fully saturated rings. The summed E-state index contributed by atoms with van der Waals surface area (Å²) >= 11 is 0.271. The van der Waals surface area contributed by atoms with E-state index in [4.69, 9.17) is 0 Å². The van der Waals surface area contributed by atoms with E-state index >= 15 is 0 Å². The van der Waals surface area contributed by atoms with Gasteiger partial charge in [0.25, 0.3) is 0 Å².